The van der Waals surface area contributed by atoms with Gasteiger partial charge in [-0.05, 0) is 12.1 Å². The highest BCUT2D eigenvalue weighted by Crippen LogP contribution is 2.14. The predicted molar refractivity (Wildman–Crippen MR) is 46.0 cm³/mol. The topological polar surface area (TPSA) is 69.2 Å². The summed E-state index contributed by atoms with van der Waals surface area (Å²) in [6.07, 6.45) is 0. The number of para-hydroxylation sites is 1. The molecule has 1 rings (SSSR count). The molecule has 14 heavy (non-hydrogen) atoms. The van der Waals surface area contributed by atoms with E-state index in [1.807, 2.05) is 6.07 Å². The van der Waals surface area contributed by atoms with Gasteiger partial charge in [-0.25, -0.2) is 0 Å². The van der Waals surface area contributed by atoms with E-state index in [0.717, 1.165) is 4.48 Å². The summed E-state index contributed by atoms with van der Waals surface area (Å²) in [5, 5.41) is 0. The minimum absolute atomic E-state index is 0.890. The van der Waals surface area contributed by atoms with Crippen molar-refractivity contribution in [3.63, 3.8) is 0 Å². The lowest BCUT2D eigenvalue weighted by Crippen LogP contribution is -4.05. The van der Waals surface area contributed by atoms with E-state index in [4.69, 9.17) is 10.3 Å². The molecule has 0 aromatic heterocycles. The number of rotatable bonds is 1. The van der Waals surface area contributed by atoms with E-state index in [9.17, 15) is 0 Å². The van der Waals surface area contributed by atoms with E-state index in [1.165, 1.54) is 5.69 Å². The molecule has 0 aliphatic carbocycles. The van der Waals surface area contributed by atoms with Crippen LogP contribution in [0.2, 0.25) is 0 Å². The summed E-state index contributed by atoms with van der Waals surface area (Å²) in [7, 11) is 6.49. The van der Waals surface area contributed by atoms with E-state index in [1.54, 1.807) is 0 Å². The average molecular weight is 311 g/mol. The van der Waals surface area contributed by atoms with E-state index >= 15 is 0 Å². The summed E-state index contributed by atoms with van der Waals surface area (Å²) >= 11 is -4.01. The lowest BCUT2D eigenvalue weighted by atomic mass is 10.3. The highest BCUT2D eigenvalue weighted by atomic mass is 127. The number of quaternary nitrogens is 1. The molecule has 0 atom stereocenters. The van der Waals surface area contributed by atoms with Crippen molar-refractivity contribution in [3.05, 3.63) is 30.3 Å². The normalized spacial score (nSPS) is 10.8. The van der Waals surface area contributed by atoms with Crippen molar-refractivity contribution in [2.45, 2.75) is 0 Å². The standard InChI is InChI=1S/C9H14N.IO3/c1-10(2,3)9-7-5-4-6-8-9;2-1(3)4/h4-8H,1-3H3;/q+1;-1. The maximum absolute atomic E-state index is 8.57. The molecule has 0 saturated carbocycles. The first-order chi connectivity index (χ1) is 6.34. The Morgan fingerprint density at radius 2 is 1.29 bits per heavy atom. The molecule has 0 saturated heterocycles. The van der Waals surface area contributed by atoms with Crippen LogP contribution >= 0.6 is 0 Å². The van der Waals surface area contributed by atoms with Crippen molar-refractivity contribution >= 4 is 5.69 Å². The fourth-order valence-corrected chi connectivity index (χ4v) is 0.875. The summed E-state index contributed by atoms with van der Waals surface area (Å²) in [5.74, 6) is 0. The van der Waals surface area contributed by atoms with E-state index in [-0.39, 0.29) is 0 Å². The van der Waals surface area contributed by atoms with E-state index < -0.39 is 21.1 Å². The zero-order chi connectivity index (χ0) is 11.2. The number of halogens is 1. The summed E-state index contributed by atoms with van der Waals surface area (Å²) in [6.45, 7) is 0. The van der Waals surface area contributed by atoms with Crippen LogP contribution in [0.5, 0.6) is 0 Å². The molecule has 0 aliphatic heterocycles. The highest BCUT2D eigenvalue weighted by Gasteiger charge is 2.08. The highest BCUT2D eigenvalue weighted by molar-refractivity contribution is 5.40. The first-order valence-electron chi connectivity index (χ1n) is 3.94. The lowest BCUT2D eigenvalue weighted by molar-refractivity contribution is -1.73. The maximum atomic E-state index is 8.57. The summed E-state index contributed by atoms with van der Waals surface area (Å²) in [6, 6.07) is 10.5. The van der Waals surface area contributed by atoms with Crippen LogP contribution in [0.1, 0.15) is 0 Å². The van der Waals surface area contributed by atoms with Crippen molar-refractivity contribution in [1.82, 2.24) is 4.48 Å². The molecule has 0 heterocycles. The van der Waals surface area contributed by atoms with Crippen molar-refractivity contribution in [2.75, 3.05) is 21.1 Å². The van der Waals surface area contributed by atoms with Crippen LogP contribution in [-0.4, -0.2) is 21.1 Å². The lowest BCUT2D eigenvalue weighted by Gasteiger charge is -2.22. The third-order valence-electron chi connectivity index (χ3n) is 1.53. The zero-order valence-corrected chi connectivity index (χ0v) is 10.6. The molecule has 0 amide bonds. The second kappa shape index (κ2) is 6.31. The minimum atomic E-state index is -4.01. The molecule has 0 bridgehead atoms. The summed E-state index contributed by atoms with van der Waals surface area (Å²) in [4.78, 5) is 0. The van der Waals surface area contributed by atoms with E-state index in [2.05, 4.69) is 45.4 Å². The van der Waals surface area contributed by atoms with E-state index in [0.29, 0.717) is 0 Å². The monoisotopic (exact) mass is 311 g/mol. The van der Waals surface area contributed by atoms with Crippen LogP contribution in [0, 0.1) is 0 Å². The van der Waals surface area contributed by atoms with Gasteiger partial charge in [0, 0.05) is 0 Å². The third-order valence-corrected chi connectivity index (χ3v) is 1.53. The predicted octanol–water partition coefficient (Wildman–Crippen LogP) is -4.68. The molecule has 80 valence electrons. The number of hydrogen-bond acceptors (Lipinski definition) is 3. The van der Waals surface area contributed by atoms with Crippen LogP contribution in [0.4, 0.5) is 5.69 Å². The molecule has 0 aliphatic rings. The SMILES string of the molecule is C[N+](C)(C)c1ccccc1.[O-][I+2]([O-])[O-]. The molecule has 0 unspecified atom stereocenters. The van der Waals surface area contributed by atoms with Gasteiger partial charge in [0.15, 0.2) is 0 Å². The number of nitrogens with zero attached hydrogens (tertiary/aromatic N) is 1. The van der Waals surface area contributed by atoms with Gasteiger partial charge in [-0.1, -0.05) is 18.2 Å². The van der Waals surface area contributed by atoms with Crippen LogP contribution in [0.3, 0.4) is 0 Å². The smallest absolute Gasteiger partial charge is 0.282 e. The second-order valence-electron chi connectivity index (χ2n) is 3.54. The van der Waals surface area contributed by atoms with Gasteiger partial charge < -0.3 is 10.3 Å². The third kappa shape index (κ3) is 7.22. The van der Waals surface area contributed by atoms with Gasteiger partial charge in [0.05, 0.1) is 21.1 Å². The maximum Gasteiger partial charge on any atom is 0.282 e. The van der Waals surface area contributed by atoms with Crippen molar-refractivity contribution in [1.29, 1.82) is 0 Å². The van der Waals surface area contributed by atoms with Crippen molar-refractivity contribution in [2.24, 2.45) is 0 Å². The number of hydrogen-bond donors (Lipinski definition) is 0. The van der Waals surface area contributed by atoms with Crippen LogP contribution < -0.4 is 35.9 Å². The zero-order valence-electron chi connectivity index (χ0n) is 8.44. The van der Waals surface area contributed by atoms with Crippen LogP contribution in [0.15, 0.2) is 30.3 Å². The Morgan fingerprint density at radius 1 is 0.929 bits per heavy atom. The first-order valence-corrected chi connectivity index (χ1v) is 6.58. The Balaban J connectivity index is 0.000000364. The van der Waals surface area contributed by atoms with Gasteiger partial charge in [0.1, 0.15) is 5.69 Å². The van der Waals surface area contributed by atoms with Crippen LogP contribution in [-0.2, 0) is 0 Å². The van der Waals surface area contributed by atoms with Crippen LogP contribution in [0.25, 0.3) is 0 Å². The molecule has 0 radical (unpaired) electrons. The van der Waals surface area contributed by atoms with Crippen molar-refractivity contribution in [3.8, 4) is 0 Å². The van der Waals surface area contributed by atoms with Gasteiger partial charge in [0.2, 0.25) is 0 Å². The summed E-state index contributed by atoms with van der Waals surface area (Å²) in [5.41, 5.74) is 1.34. The molecule has 0 spiro atoms. The molecule has 0 fully saturated rings. The first kappa shape index (κ1) is 13.8. The Bertz CT molecular complexity index is 243. The van der Waals surface area contributed by atoms with Gasteiger partial charge in [-0.2, -0.15) is 0 Å². The Morgan fingerprint density at radius 3 is 1.50 bits per heavy atom. The second-order valence-corrected chi connectivity index (χ2v) is 4.62. The molecular formula is C9H14INO3. The largest absolute Gasteiger partial charge is 0.427 e. The van der Waals surface area contributed by atoms with Gasteiger partial charge in [-0.15, -0.1) is 0 Å². The minimum Gasteiger partial charge on any atom is -0.427 e. The Labute approximate surface area is 93.0 Å². The quantitative estimate of drug-likeness (QED) is 0.387. The Hall–Kier alpha value is -0.210. The number of benzene rings is 1. The molecule has 1 aromatic rings. The van der Waals surface area contributed by atoms with Gasteiger partial charge in [0.25, 0.3) is 21.1 Å². The molecule has 1 aromatic carbocycles. The average Bonchev–Trinajstić information content (AvgIpc) is 2.03. The van der Waals surface area contributed by atoms with Gasteiger partial charge in [-0.3, -0.25) is 4.48 Å². The van der Waals surface area contributed by atoms with Crippen molar-refractivity contribution < 1.29 is 31.4 Å². The molecule has 5 heteroatoms. The fraction of sp³-hybridized carbons (Fsp3) is 0.333. The molecule has 0 N–H and O–H groups in total. The fourth-order valence-electron chi connectivity index (χ4n) is 0.875. The summed E-state index contributed by atoms with van der Waals surface area (Å²) < 4.78 is 26.6. The Kier molecular flexibility index (Phi) is 6.21. The van der Waals surface area contributed by atoms with Gasteiger partial charge >= 0.3 is 0 Å². The molecular weight excluding hydrogens is 297 g/mol. The molecule has 4 nitrogen and oxygen atoms in total.